The maximum atomic E-state index is 12.9. The van der Waals surface area contributed by atoms with E-state index in [0.717, 1.165) is 38.3 Å². The third-order valence-electron chi connectivity index (χ3n) is 4.18. The van der Waals surface area contributed by atoms with Crippen molar-refractivity contribution in [1.82, 2.24) is 4.90 Å². The number of rotatable bonds is 8. The summed E-state index contributed by atoms with van der Waals surface area (Å²) in [5.74, 6) is 0.934. The van der Waals surface area contributed by atoms with E-state index in [9.17, 15) is 9.59 Å². The van der Waals surface area contributed by atoms with E-state index in [1.807, 2.05) is 50.2 Å². The van der Waals surface area contributed by atoms with Gasteiger partial charge in [-0.1, -0.05) is 35.0 Å². The van der Waals surface area contributed by atoms with Crippen LogP contribution >= 0.6 is 43.6 Å². The second-order valence-corrected chi connectivity index (χ2v) is 9.27. The van der Waals surface area contributed by atoms with Crippen molar-refractivity contribution in [3.05, 3.63) is 61.4 Å². The molecule has 2 aromatic carbocycles. The summed E-state index contributed by atoms with van der Waals surface area (Å²) in [6, 6.07) is 11.2. The molecule has 0 unspecified atom stereocenters. The SMILES string of the molecule is CCCOc1c(Br)cc(/C=C2\SC(=O)N(Cc3cccc(Br)c3)C2=O)cc1OCC. The van der Waals surface area contributed by atoms with Crippen LogP contribution in [0.25, 0.3) is 6.08 Å². The molecule has 0 aliphatic carbocycles. The molecule has 0 atom stereocenters. The number of imide groups is 1. The summed E-state index contributed by atoms with van der Waals surface area (Å²) in [5.41, 5.74) is 1.63. The first-order valence-electron chi connectivity index (χ1n) is 9.51. The zero-order valence-electron chi connectivity index (χ0n) is 16.6. The van der Waals surface area contributed by atoms with Crippen molar-refractivity contribution in [2.75, 3.05) is 13.2 Å². The summed E-state index contributed by atoms with van der Waals surface area (Å²) in [6.07, 6.45) is 2.59. The van der Waals surface area contributed by atoms with Gasteiger partial charge in [0.05, 0.1) is 29.1 Å². The van der Waals surface area contributed by atoms with Crippen molar-refractivity contribution >= 4 is 60.8 Å². The van der Waals surface area contributed by atoms with E-state index in [1.165, 1.54) is 4.90 Å². The van der Waals surface area contributed by atoms with Gasteiger partial charge in [0.25, 0.3) is 11.1 Å². The van der Waals surface area contributed by atoms with Crippen molar-refractivity contribution in [3.63, 3.8) is 0 Å². The number of nitrogens with zero attached hydrogens (tertiary/aromatic N) is 1. The van der Waals surface area contributed by atoms with Crippen LogP contribution < -0.4 is 9.47 Å². The van der Waals surface area contributed by atoms with Gasteiger partial charge in [-0.3, -0.25) is 14.5 Å². The number of thioether (sulfide) groups is 1. The molecule has 0 aromatic heterocycles. The van der Waals surface area contributed by atoms with Crippen LogP contribution in [-0.2, 0) is 11.3 Å². The molecule has 1 fully saturated rings. The second kappa shape index (κ2) is 10.5. The van der Waals surface area contributed by atoms with Gasteiger partial charge in [-0.05, 0) is 82.5 Å². The van der Waals surface area contributed by atoms with Crippen LogP contribution in [0, 0.1) is 0 Å². The van der Waals surface area contributed by atoms with Crippen molar-refractivity contribution in [2.24, 2.45) is 0 Å². The van der Waals surface area contributed by atoms with Crippen LogP contribution in [0.4, 0.5) is 4.79 Å². The van der Waals surface area contributed by atoms with Gasteiger partial charge >= 0.3 is 0 Å². The second-order valence-electron chi connectivity index (χ2n) is 6.51. The highest BCUT2D eigenvalue weighted by molar-refractivity contribution is 9.10. The minimum atomic E-state index is -0.301. The molecule has 1 aliphatic heterocycles. The van der Waals surface area contributed by atoms with Crippen LogP contribution in [0.2, 0.25) is 0 Å². The summed E-state index contributed by atoms with van der Waals surface area (Å²) in [7, 11) is 0. The molecule has 30 heavy (non-hydrogen) atoms. The van der Waals surface area contributed by atoms with Gasteiger partial charge in [0.15, 0.2) is 11.5 Å². The Labute approximate surface area is 197 Å². The van der Waals surface area contributed by atoms with E-state index < -0.39 is 0 Å². The first-order valence-corrected chi connectivity index (χ1v) is 11.9. The Balaban J connectivity index is 1.85. The lowest BCUT2D eigenvalue weighted by Gasteiger charge is -2.14. The molecule has 0 saturated carbocycles. The summed E-state index contributed by atoms with van der Waals surface area (Å²) >= 11 is 7.89. The Morgan fingerprint density at radius 2 is 1.90 bits per heavy atom. The highest BCUT2D eigenvalue weighted by Gasteiger charge is 2.35. The quantitative estimate of drug-likeness (QED) is 0.342. The van der Waals surface area contributed by atoms with Gasteiger partial charge in [-0.2, -0.15) is 0 Å². The average Bonchev–Trinajstić information content (AvgIpc) is 2.95. The monoisotopic (exact) mass is 553 g/mol. The molecule has 0 radical (unpaired) electrons. The third kappa shape index (κ3) is 5.47. The molecule has 3 rings (SSSR count). The van der Waals surface area contributed by atoms with Gasteiger partial charge in [0.2, 0.25) is 0 Å². The number of carbonyl (C=O) groups is 2. The summed E-state index contributed by atoms with van der Waals surface area (Å²) in [5, 5.41) is -0.279. The fourth-order valence-electron chi connectivity index (χ4n) is 2.88. The fraction of sp³-hybridized carbons (Fsp3) is 0.273. The van der Waals surface area contributed by atoms with Crippen LogP contribution in [0.3, 0.4) is 0 Å². The van der Waals surface area contributed by atoms with Crippen LogP contribution in [-0.4, -0.2) is 29.3 Å². The average molecular weight is 555 g/mol. The molecule has 8 heteroatoms. The maximum Gasteiger partial charge on any atom is 0.293 e. The standard InChI is InChI=1S/C22H21Br2NO4S/c1-3-8-29-20-17(24)10-15(11-18(20)28-4-2)12-19-21(26)25(22(27)30-19)13-14-6-5-7-16(23)9-14/h5-7,9-12H,3-4,8,13H2,1-2H3/b19-12-. The molecule has 1 aliphatic rings. The van der Waals surface area contributed by atoms with Crippen molar-refractivity contribution < 1.29 is 19.1 Å². The molecule has 2 aromatic rings. The summed E-state index contributed by atoms with van der Waals surface area (Å²) in [4.78, 5) is 26.9. The first-order chi connectivity index (χ1) is 14.4. The van der Waals surface area contributed by atoms with Crippen molar-refractivity contribution in [2.45, 2.75) is 26.8 Å². The highest BCUT2D eigenvalue weighted by atomic mass is 79.9. The molecule has 0 N–H and O–H groups in total. The van der Waals surface area contributed by atoms with E-state index in [0.29, 0.717) is 29.6 Å². The van der Waals surface area contributed by atoms with Crippen LogP contribution in [0.5, 0.6) is 11.5 Å². The van der Waals surface area contributed by atoms with Gasteiger partial charge in [0, 0.05) is 4.47 Å². The van der Waals surface area contributed by atoms with Gasteiger partial charge in [-0.15, -0.1) is 0 Å². The molecular formula is C22H21Br2NO4S. The Hall–Kier alpha value is -1.77. The Bertz CT molecular complexity index is 993. The molecular weight excluding hydrogens is 534 g/mol. The van der Waals surface area contributed by atoms with E-state index in [-0.39, 0.29) is 17.7 Å². The van der Waals surface area contributed by atoms with E-state index in [2.05, 4.69) is 31.9 Å². The lowest BCUT2D eigenvalue weighted by atomic mass is 10.1. The molecule has 158 valence electrons. The zero-order chi connectivity index (χ0) is 21.7. The summed E-state index contributed by atoms with van der Waals surface area (Å²) in [6.45, 7) is 5.23. The molecule has 1 heterocycles. The lowest BCUT2D eigenvalue weighted by Crippen LogP contribution is -2.27. The smallest absolute Gasteiger partial charge is 0.293 e. The van der Waals surface area contributed by atoms with Crippen molar-refractivity contribution in [1.29, 1.82) is 0 Å². The fourth-order valence-corrected chi connectivity index (χ4v) is 4.74. The largest absolute Gasteiger partial charge is 0.490 e. The minimum Gasteiger partial charge on any atom is -0.490 e. The predicted octanol–water partition coefficient (Wildman–Crippen LogP) is 6.64. The normalized spacial score (nSPS) is 15.2. The number of halogens is 2. The third-order valence-corrected chi connectivity index (χ3v) is 6.17. The molecule has 2 amide bonds. The van der Waals surface area contributed by atoms with Crippen molar-refractivity contribution in [3.8, 4) is 11.5 Å². The Morgan fingerprint density at radius 3 is 2.60 bits per heavy atom. The van der Waals surface area contributed by atoms with E-state index in [4.69, 9.17) is 9.47 Å². The maximum absolute atomic E-state index is 12.9. The molecule has 1 saturated heterocycles. The molecule has 0 spiro atoms. The zero-order valence-corrected chi connectivity index (χ0v) is 20.6. The number of benzene rings is 2. The van der Waals surface area contributed by atoms with Gasteiger partial charge < -0.3 is 9.47 Å². The lowest BCUT2D eigenvalue weighted by molar-refractivity contribution is -0.123. The molecule has 5 nitrogen and oxygen atoms in total. The van der Waals surface area contributed by atoms with E-state index >= 15 is 0 Å². The van der Waals surface area contributed by atoms with E-state index in [1.54, 1.807) is 6.08 Å². The van der Waals surface area contributed by atoms with Gasteiger partial charge in [0.1, 0.15) is 0 Å². The highest BCUT2D eigenvalue weighted by Crippen LogP contribution is 2.39. The number of hydrogen-bond donors (Lipinski definition) is 0. The topological polar surface area (TPSA) is 55.8 Å². The Kier molecular flexibility index (Phi) is 8.02. The predicted molar refractivity (Wildman–Crippen MR) is 127 cm³/mol. The van der Waals surface area contributed by atoms with Crippen LogP contribution in [0.1, 0.15) is 31.4 Å². The van der Waals surface area contributed by atoms with Gasteiger partial charge in [-0.25, -0.2) is 0 Å². The number of ether oxygens (including phenoxy) is 2. The molecule has 0 bridgehead atoms. The number of carbonyl (C=O) groups excluding carboxylic acids is 2. The Morgan fingerprint density at radius 1 is 1.10 bits per heavy atom. The number of amides is 2. The van der Waals surface area contributed by atoms with Crippen LogP contribution in [0.15, 0.2) is 50.2 Å². The first kappa shape index (κ1) is 22.9. The summed E-state index contributed by atoms with van der Waals surface area (Å²) < 4.78 is 13.2. The minimum absolute atomic E-state index is 0.235. The number of hydrogen-bond acceptors (Lipinski definition) is 5.